The topological polar surface area (TPSA) is 77.1 Å². The first-order valence-electron chi connectivity index (χ1n) is 7.89. The van der Waals surface area contributed by atoms with Gasteiger partial charge in [0.1, 0.15) is 17.0 Å². The summed E-state index contributed by atoms with van der Waals surface area (Å²) in [7, 11) is 1.86. The maximum Gasteiger partial charge on any atom is 0.341 e. The highest BCUT2D eigenvalue weighted by molar-refractivity contribution is 5.91. The van der Waals surface area contributed by atoms with Crippen molar-refractivity contribution in [2.75, 3.05) is 0 Å². The molecule has 1 aromatic carbocycles. The Kier molecular flexibility index (Phi) is 4.20. The molecular formula is C18H19N3O3. The zero-order valence-electron chi connectivity index (χ0n) is 13.7. The van der Waals surface area contributed by atoms with Crippen molar-refractivity contribution < 1.29 is 9.90 Å². The monoisotopic (exact) mass is 325 g/mol. The summed E-state index contributed by atoms with van der Waals surface area (Å²) in [5.74, 6) is -0.448. The largest absolute Gasteiger partial charge is 0.477 e. The molecule has 2 heterocycles. The third-order valence-electron chi connectivity index (χ3n) is 4.23. The van der Waals surface area contributed by atoms with Gasteiger partial charge in [0, 0.05) is 26.2 Å². The van der Waals surface area contributed by atoms with Crippen molar-refractivity contribution in [3.63, 3.8) is 0 Å². The number of imidazole rings is 1. The lowest BCUT2D eigenvalue weighted by molar-refractivity contribution is 0.0695. The van der Waals surface area contributed by atoms with E-state index < -0.39 is 11.4 Å². The zero-order valence-corrected chi connectivity index (χ0v) is 13.7. The maximum absolute atomic E-state index is 12.4. The Bertz CT molecular complexity index is 955. The molecule has 0 amide bonds. The van der Waals surface area contributed by atoms with Crippen LogP contribution in [0.15, 0.2) is 41.3 Å². The second kappa shape index (κ2) is 6.31. The first-order valence-corrected chi connectivity index (χ1v) is 7.89. The van der Waals surface area contributed by atoms with E-state index >= 15 is 0 Å². The van der Waals surface area contributed by atoms with Crippen molar-refractivity contribution in [3.8, 4) is 0 Å². The lowest BCUT2D eigenvalue weighted by atomic mass is 10.1. The van der Waals surface area contributed by atoms with Gasteiger partial charge in [-0.1, -0.05) is 30.3 Å². The van der Waals surface area contributed by atoms with Crippen LogP contribution in [0, 0.1) is 0 Å². The van der Waals surface area contributed by atoms with Gasteiger partial charge in [0.2, 0.25) is 5.43 Å². The van der Waals surface area contributed by atoms with Gasteiger partial charge in [-0.05, 0) is 18.9 Å². The standard InChI is InChI=1S/C18H19N3O3/c1-3-21-11-13(18(23)24)16(22)15-17(21)20(2)14(19-15)10-9-12-7-5-4-6-8-12/h4-8,11H,3,9-10H2,1-2H3,(H,23,24). The average Bonchev–Trinajstić information content (AvgIpc) is 2.92. The molecule has 0 radical (unpaired) electrons. The minimum Gasteiger partial charge on any atom is -0.477 e. The van der Waals surface area contributed by atoms with Gasteiger partial charge in [0.05, 0.1) is 0 Å². The van der Waals surface area contributed by atoms with Crippen LogP contribution in [0.4, 0.5) is 0 Å². The van der Waals surface area contributed by atoms with Crippen LogP contribution in [0.25, 0.3) is 11.2 Å². The number of carboxylic acids is 1. The van der Waals surface area contributed by atoms with E-state index in [1.165, 1.54) is 11.8 Å². The number of aryl methyl sites for hydroxylation is 4. The molecule has 0 bridgehead atoms. The number of hydrogen-bond acceptors (Lipinski definition) is 3. The van der Waals surface area contributed by atoms with E-state index in [0.717, 1.165) is 12.2 Å². The molecule has 0 spiro atoms. The minimum absolute atomic E-state index is 0.224. The van der Waals surface area contributed by atoms with E-state index in [4.69, 9.17) is 0 Å². The second-order valence-electron chi connectivity index (χ2n) is 5.71. The smallest absolute Gasteiger partial charge is 0.341 e. The molecule has 24 heavy (non-hydrogen) atoms. The molecule has 3 rings (SSSR count). The summed E-state index contributed by atoms with van der Waals surface area (Å²) in [5, 5.41) is 9.23. The first kappa shape index (κ1) is 16.0. The molecule has 0 unspecified atom stereocenters. The Hall–Kier alpha value is -2.89. The summed E-state index contributed by atoms with van der Waals surface area (Å²) in [4.78, 5) is 28.1. The van der Waals surface area contributed by atoms with Crippen molar-refractivity contribution in [2.45, 2.75) is 26.3 Å². The van der Waals surface area contributed by atoms with E-state index in [2.05, 4.69) is 17.1 Å². The molecule has 6 heteroatoms. The molecular weight excluding hydrogens is 306 g/mol. The van der Waals surface area contributed by atoms with E-state index in [1.54, 1.807) is 4.57 Å². The first-order chi connectivity index (χ1) is 11.5. The van der Waals surface area contributed by atoms with E-state index in [-0.39, 0.29) is 11.1 Å². The van der Waals surface area contributed by atoms with Crippen LogP contribution in [0.1, 0.15) is 28.7 Å². The second-order valence-corrected chi connectivity index (χ2v) is 5.71. The van der Waals surface area contributed by atoms with Crippen molar-refractivity contribution >= 4 is 17.1 Å². The van der Waals surface area contributed by atoms with E-state index in [0.29, 0.717) is 18.6 Å². The van der Waals surface area contributed by atoms with Crippen LogP contribution in [0.2, 0.25) is 0 Å². The number of pyridine rings is 1. The summed E-state index contributed by atoms with van der Waals surface area (Å²) in [6.07, 6.45) is 2.89. The number of fused-ring (bicyclic) bond motifs is 1. The lowest BCUT2D eigenvalue weighted by Gasteiger charge is -2.09. The Balaban J connectivity index is 2.07. The van der Waals surface area contributed by atoms with Crippen LogP contribution in [-0.2, 0) is 26.4 Å². The quantitative estimate of drug-likeness (QED) is 0.780. The minimum atomic E-state index is -1.22. The van der Waals surface area contributed by atoms with Crippen LogP contribution in [0.5, 0.6) is 0 Å². The molecule has 0 aliphatic carbocycles. The summed E-state index contributed by atoms with van der Waals surface area (Å²) in [6, 6.07) is 10.1. The molecule has 124 valence electrons. The van der Waals surface area contributed by atoms with Crippen LogP contribution < -0.4 is 5.43 Å². The number of carbonyl (C=O) groups is 1. The van der Waals surface area contributed by atoms with E-state index in [9.17, 15) is 14.7 Å². The van der Waals surface area contributed by atoms with Gasteiger partial charge in [0.15, 0.2) is 5.52 Å². The fourth-order valence-electron chi connectivity index (χ4n) is 2.94. The van der Waals surface area contributed by atoms with Crippen molar-refractivity contribution in [2.24, 2.45) is 7.05 Å². The molecule has 0 saturated carbocycles. The van der Waals surface area contributed by atoms with E-state index in [1.807, 2.05) is 36.7 Å². The lowest BCUT2D eigenvalue weighted by Crippen LogP contribution is -2.19. The van der Waals surface area contributed by atoms with Gasteiger partial charge in [-0.3, -0.25) is 4.79 Å². The number of carboxylic acid groups (broad SMARTS) is 1. The normalized spacial score (nSPS) is 11.1. The Morgan fingerprint density at radius 1 is 1.21 bits per heavy atom. The average molecular weight is 325 g/mol. The third-order valence-corrected chi connectivity index (χ3v) is 4.23. The van der Waals surface area contributed by atoms with Crippen molar-refractivity contribution in [1.82, 2.24) is 14.1 Å². The van der Waals surface area contributed by atoms with Crippen LogP contribution in [-0.4, -0.2) is 25.2 Å². The fraction of sp³-hybridized carbons (Fsp3) is 0.278. The zero-order chi connectivity index (χ0) is 17.3. The summed E-state index contributed by atoms with van der Waals surface area (Å²) in [6.45, 7) is 2.47. The summed E-state index contributed by atoms with van der Waals surface area (Å²) in [5.41, 5.74) is 1.32. The van der Waals surface area contributed by atoms with Gasteiger partial charge in [-0.2, -0.15) is 0 Å². The summed E-state index contributed by atoms with van der Waals surface area (Å²) >= 11 is 0. The Labute approximate surface area is 139 Å². The van der Waals surface area contributed by atoms with Gasteiger partial charge in [-0.15, -0.1) is 0 Å². The van der Waals surface area contributed by atoms with Gasteiger partial charge >= 0.3 is 5.97 Å². The molecule has 0 fully saturated rings. The van der Waals surface area contributed by atoms with Crippen LogP contribution in [0.3, 0.4) is 0 Å². The number of aromatic carboxylic acids is 1. The van der Waals surface area contributed by atoms with Crippen LogP contribution >= 0.6 is 0 Å². The molecule has 0 atom stereocenters. The number of rotatable bonds is 5. The highest BCUT2D eigenvalue weighted by atomic mass is 16.4. The highest BCUT2D eigenvalue weighted by Gasteiger charge is 2.19. The summed E-state index contributed by atoms with van der Waals surface area (Å²) < 4.78 is 3.65. The van der Waals surface area contributed by atoms with Gasteiger partial charge < -0.3 is 14.2 Å². The molecule has 0 aliphatic heterocycles. The Morgan fingerprint density at radius 3 is 2.54 bits per heavy atom. The third kappa shape index (κ3) is 2.71. The van der Waals surface area contributed by atoms with Gasteiger partial charge in [-0.25, -0.2) is 9.78 Å². The number of aromatic nitrogens is 3. The maximum atomic E-state index is 12.4. The molecule has 0 aliphatic rings. The molecule has 1 N–H and O–H groups in total. The van der Waals surface area contributed by atoms with Crippen molar-refractivity contribution in [3.05, 3.63) is 63.7 Å². The SMILES string of the molecule is CCn1cc(C(=O)O)c(=O)c2nc(CCc3ccccc3)n(C)c21. The predicted molar refractivity (Wildman–Crippen MR) is 91.5 cm³/mol. The molecule has 3 aromatic rings. The Morgan fingerprint density at radius 2 is 1.92 bits per heavy atom. The predicted octanol–water partition coefficient (Wildman–Crippen LogP) is 2.24. The number of hydrogen-bond donors (Lipinski definition) is 1. The van der Waals surface area contributed by atoms with Crippen molar-refractivity contribution in [1.29, 1.82) is 0 Å². The number of nitrogens with zero attached hydrogens (tertiary/aromatic N) is 3. The highest BCUT2D eigenvalue weighted by Crippen LogP contribution is 2.15. The molecule has 0 saturated heterocycles. The molecule has 6 nitrogen and oxygen atoms in total. The van der Waals surface area contributed by atoms with Gasteiger partial charge in [0.25, 0.3) is 0 Å². The fourth-order valence-corrected chi connectivity index (χ4v) is 2.94. The molecule has 2 aromatic heterocycles. The number of benzene rings is 1.